The summed E-state index contributed by atoms with van der Waals surface area (Å²) in [5.74, 6) is 0.122. The number of fused-ring (bicyclic) bond motifs is 1. The molecule has 1 atom stereocenters. The summed E-state index contributed by atoms with van der Waals surface area (Å²) < 4.78 is 0. The third kappa shape index (κ3) is 2.41. The van der Waals surface area contributed by atoms with Gasteiger partial charge in [-0.15, -0.1) is 0 Å². The van der Waals surface area contributed by atoms with Gasteiger partial charge in [-0.05, 0) is 23.6 Å². The Morgan fingerprint density at radius 1 is 1.35 bits per heavy atom. The van der Waals surface area contributed by atoms with Crippen molar-refractivity contribution in [2.45, 2.75) is 39.2 Å². The number of rotatable bonds is 3. The zero-order valence-electron chi connectivity index (χ0n) is 10.5. The fraction of sp³-hybridized carbons (Fsp3) is 0.400. The minimum Gasteiger partial charge on any atom is -0.312 e. The second-order valence-electron chi connectivity index (χ2n) is 4.53. The van der Waals surface area contributed by atoms with E-state index in [4.69, 9.17) is 0 Å². The van der Waals surface area contributed by atoms with Gasteiger partial charge in [0.25, 0.3) is 0 Å². The summed E-state index contributed by atoms with van der Waals surface area (Å²) in [6, 6.07) is 8.56. The molecule has 2 rings (SSSR count). The number of carbonyl (C=O) groups is 1. The molecule has 17 heavy (non-hydrogen) atoms. The summed E-state index contributed by atoms with van der Waals surface area (Å²) >= 11 is 0. The highest BCUT2D eigenvalue weighted by Crippen LogP contribution is 2.33. The van der Waals surface area contributed by atoms with E-state index in [2.05, 4.69) is 25.1 Å². The molecule has 0 fully saturated rings. The van der Waals surface area contributed by atoms with E-state index >= 15 is 0 Å². The van der Waals surface area contributed by atoms with E-state index in [1.807, 2.05) is 23.2 Å². The van der Waals surface area contributed by atoms with Crippen LogP contribution in [0.2, 0.25) is 0 Å². The van der Waals surface area contributed by atoms with Crippen molar-refractivity contribution in [3.8, 4) is 0 Å². The summed E-state index contributed by atoms with van der Waals surface area (Å²) in [5.41, 5.74) is 2.52. The summed E-state index contributed by atoms with van der Waals surface area (Å²) in [6.45, 7) is 3.82. The summed E-state index contributed by atoms with van der Waals surface area (Å²) in [5, 5.41) is 0. The molecule has 0 radical (unpaired) electrons. The van der Waals surface area contributed by atoms with Crippen LogP contribution in [0.1, 0.15) is 50.3 Å². The lowest BCUT2D eigenvalue weighted by Crippen LogP contribution is -2.30. The Kier molecular flexibility index (Phi) is 3.62. The summed E-state index contributed by atoms with van der Waals surface area (Å²) in [6.07, 6.45) is 7.30. The number of nitrogens with zero attached hydrogens (tertiary/aromatic N) is 1. The van der Waals surface area contributed by atoms with Crippen LogP contribution >= 0.6 is 0 Å². The van der Waals surface area contributed by atoms with Gasteiger partial charge < -0.3 is 4.90 Å². The van der Waals surface area contributed by atoms with E-state index in [0.29, 0.717) is 0 Å². The molecule has 0 spiro atoms. The maximum Gasteiger partial charge on any atom is 0.223 e. The molecular formula is C15H19NO. The monoisotopic (exact) mass is 229 g/mol. The van der Waals surface area contributed by atoms with Crippen LogP contribution in [0.4, 0.5) is 0 Å². The Balaban J connectivity index is 2.33. The van der Waals surface area contributed by atoms with Crippen LogP contribution in [0.15, 0.2) is 30.5 Å². The number of hydrogen-bond acceptors (Lipinski definition) is 1. The van der Waals surface area contributed by atoms with Crippen molar-refractivity contribution in [1.29, 1.82) is 0 Å². The molecule has 2 nitrogen and oxygen atoms in total. The van der Waals surface area contributed by atoms with Gasteiger partial charge in [-0.1, -0.05) is 44.0 Å². The van der Waals surface area contributed by atoms with E-state index in [1.54, 1.807) is 6.92 Å². The summed E-state index contributed by atoms with van der Waals surface area (Å²) in [7, 11) is 0. The minimum atomic E-state index is 0.122. The van der Waals surface area contributed by atoms with Crippen molar-refractivity contribution >= 4 is 12.0 Å². The molecule has 1 amide bonds. The van der Waals surface area contributed by atoms with E-state index in [9.17, 15) is 4.79 Å². The normalized spacial score (nSPS) is 18.0. The van der Waals surface area contributed by atoms with Crippen LogP contribution in [0.5, 0.6) is 0 Å². The smallest absolute Gasteiger partial charge is 0.223 e. The molecule has 0 aliphatic carbocycles. The van der Waals surface area contributed by atoms with Gasteiger partial charge in [0.1, 0.15) is 0 Å². The number of unbranched alkanes of at least 4 members (excludes halogenated alkanes) is 1. The second-order valence-corrected chi connectivity index (χ2v) is 4.53. The van der Waals surface area contributed by atoms with E-state index in [1.165, 1.54) is 11.1 Å². The average molecular weight is 229 g/mol. The molecule has 0 saturated heterocycles. The molecule has 0 bridgehead atoms. The van der Waals surface area contributed by atoms with Gasteiger partial charge in [-0.3, -0.25) is 4.79 Å². The van der Waals surface area contributed by atoms with E-state index < -0.39 is 0 Å². The van der Waals surface area contributed by atoms with E-state index in [-0.39, 0.29) is 11.9 Å². The van der Waals surface area contributed by atoms with Crippen molar-refractivity contribution < 1.29 is 4.79 Å². The number of amides is 1. The zero-order chi connectivity index (χ0) is 12.3. The van der Waals surface area contributed by atoms with Gasteiger partial charge in [0.15, 0.2) is 0 Å². The topological polar surface area (TPSA) is 20.3 Å². The first kappa shape index (κ1) is 11.9. The molecular weight excluding hydrogens is 210 g/mol. The Morgan fingerprint density at radius 2 is 2.12 bits per heavy atom. The lowest BCUT2D eigenvalue weighted by molar-refractivity contribution is -0.128. The first-order valence-electron chi connectivity index (χ1n) is 6.30. The maximum absolute atomic E-state index is 11.7. The van der Waals surface area contributed by atoms with Crippen LogP contribution in [0.3, 0.4) is 0 Å². The molecule has 0 aromatic heterocycles. The van der Waals surface area contributed by atoms with Gasteiger partial charge in [-0.2, -0.15) is 0 Å². The van der Waals surface area contributed by atoms with Gasteiger partial charge in [-0.25, -0.2) is 0 Å². The standard InChI is InChI=1S/C15H19NO/c1-3-4-9-15-14-8-6-5-7-13(14)10-11-16(15)12(2)17/h5-8,10-11,15H,3-4,9H2,1-2H3/t15-/m0/s1. The second kappa shape index (κ2) is 5.17. The minimum absolute atomic E-state index is 0.122. The van der Waals surface area contributed by atoms with Gasteiger partial charge in [0, 0.05) is 13.1 Å². The van der Waals surface area contributed by atoms with Gasteiger partial charge in [0.05, 0.1) is 6.04 Å². The van der Waals surface area contributed by atoms with Crippen LogP contribution in [0.25, 0.3) is 6.08 Å². The van der Waals surface area contributed by atoms with Crippen molar-refractivity contribution in [2.75, 3.05) is 0 Å². The third-order valence-electron chi connectivity index (χ3n) is 3.30. The molecule has 90 valence electrons. The maximum atomic E-state index is 11.7. The molecule has 1 aliphatic rings. The fourth-order valence-corrected chi connectivity index (χ4v) is 2.40. The SMILES string of the molecule is CCCC[C@H]1c2ccccc2C=CN1C(C)=O. The molecule has 1 aromatic carbocycles. The molecule has 1 aromatic rings. The molecule has 1 aliphatic heterocycles. The average Bonchev–Trinajstić information content (AvgIpc) is 2.35. The van der Waals surface area contributed by atoms with Crippen molar-refractivity contribution in [3.63, 3.8) is 0 Å². The lowest BCUT2D eigenvalue weighted by atomic mass is 9.92. The highest BCUT2D eigenvalue weighted by atomic mass is 16.2. The largest absolute Gasteiger partial charge is 0.312 e. The Labute approximate surface area is 103 Å². The highest BCUT2D eigenvalue weighted by molar-refractivity contribution is 5.77. The van der Waals surface area contributed by atoms with Crippen molar-refractivity contribution in [1.82, 2.24) is 4.90 Å². The molecule has 0 unspecified atom stereocenters. The van der Waals surface area contributed by atoms with Crippen LogP contribution < -0.4 is 0 Å². The predicted octanol–water partition coefficient (Wildman–Crippen LogP) is 3.75. The Morgan fingerprint density at radius 3 is 2.82 bits per heavy atom. The first-order valence-corrected chi connectivity index (χ1v) is 6.30. The Bertz CT molecular complexity index is 436. The molecule has 0 saturated carbocycles. The molecule has 1 heterocycles. The van der Waals surface area contributed by atoms with Crippen molar-refractivity contribution in [2.24, 2.45) is 0 Å². The van der Waals surface area contributed by atoms with Gasteiger partial charge >= 0.3 is 0 Å². The predicted molar refractivity (Wildman–Crippen MR) is 70.3 cm³/mol. The number of hydrogen-bond donors (Lipinski definition) is 0. The van der Waals surface area contributed by atoms with Crippen LogP contribution in [-0.4, -0.2) is 10.8 Å². The fourth-order valence-electron chi connectivity index (χ4n) is 2.40. The van der Waals surface area contributed by atoms with E-state index in [0.717, 1.165) is 19.3 Å². The third-order valence-corrected chi connectivity index (χ3v) is 3.30. The lowest BCUT2D eigenvalue weighted by Gasteiger charge is -2.32. The first-order chi connectivity index (χ1) is 8.24. The highest BCUT2D eigenvalue weighted by Gasteiger charge is 2.24. The number of carbonyl (C=O) groups excluding carboxylic acids is 1. The quantitative estimate of drug-likeness (QED) is 0.773. The van der Waals surface area contributed by atoms with Gasteiger partial charge in [0.2, 0.25) is 5.91 Å². The summed E-state index contributed by atoms with van der Waals surface area (Å²) in [4.78, 5) is 13.5. The van der Waals surface area contributed by atoms with Crippen molar-refractivity contribution in [3.05, 3.63) is 41.6 Å². The number of benzene rings is 1. The molecule has 0 N–H and O–H groups in total. The zero-order valence-corrected chi connectivity index (χ0v) is 10.5. The van der Waals surface area contributed by atoms with Crippen LogP contribution in [0, 0.1) is 0 Å². The Hall–Kier alpha value is -1.57. The van der Waals surface area contributed by atoms with Crippen LogP contribution in [-0.2, 0) is 4.79 Å². The molecule has 2 heteroatoms.